The molecule has 5 unspecified atom stereocenters. The van der Waals surface area contributed by atoms with Gasteiger partial charge < -0.3 is 160 Å². The lowest BCUT2D eigenvalue weighted by atomic mass is 10.1. The molecule has 5 aliphatic heterocycles. The van der Waals surface area contributed by atoms with Crippen LogP contribution in [0.15, 0.2) is 36.6 Å². The molecule has 113 heavy (non-hydrogen) atoms. The smallest absolute Gasteiger partial charge is 0.293 e. The fourth-order valence-electron chi connectivity index (χ4n) is 10.8. The molecule has 5 saturated heterocycles. The van der Waals surface area contributed by atoms with E-state index in [1.54, 1.807) is 7.11 Å². The normalized spacial score (nSPS) is 27.8. The maximum absolute atomic E-state index is 12.5. The van der Waals surface area contributed by atoms with E-state index in [0.29, 0.717) is 79.0 Å². The lowest BCUT2D eigenvalue weighted by Gasteiger charge is -2.20. The molecule has 5 fully saturated rings. The number of nitrogens with two attached hydrogens (primary N) is 2. The van der Waals surface area contributed by atoms with E-state index < -0.39 is 166 Å². The molecule has 52 nitrogen and oxygen atoms in total. The molecule has 10 heterocycles. The number of ether oxygens (including phenoxy) is 14. The number of primary amides is 1. The summed E-state index contributed by atoms with van der Waals surface area (Å²) in [5.41, 5.74) is 10.8. The van der Waals surface area contributed by atoms with Gasteiger partial charge in [0.25, 0.3) is 23.6 Å². The van der Waals surface area contributed by atoms with Crippen LogP contribution in [0.5, 0.6) is 0 Å². The highest BCUT2D eigenvalue weighted by atomic mass is 16.6. The summed E-state index contributed by atoms with van der Waals surface area (Å²) in [4.78, 5) is 72.1. The zero-order chi connectivity index (χ0) is 82.8. The number of aliphatic hydroxyl groups excluding tert-OH is 13. The number of nitrogens with one attached hydrogen (secondary N) is 2. The van der Waals surface area contributed by atoms with Crippen LogP contribution in [-0.2, 0) is 66.3 Å². The maximum atomic E-state index is 12.5. The van der Waals surface area contributed by atoms with E-state index >= 15 is 0 Å². The standard InChI is InChI=1S/2C14H24N4O7.C11H19N5O5.2C11H18N4O6/c1-23-5-3-17(4-6-24-2)13(22)12-15-8-18(16-12)14-11(21)10(20)9(7-19)25-14;1-22-4-3-15-13(21)12-16-8-18(17-12)14-11(24-6-5-23-2)10(20)9(7-19)25-14;1-20-3-2-13-9(12)10-14-5-16(15-10)11-8(19)7(18)6(4-17)21-11;1-19-2-3-20-8-7(17)6(4-16)21-11(8)15-5-13-10(14-15)9(12)18;1-20-3-2-12-10(19)9-13-5-15(14-9)11-8(18)7(17)6(4-16)21-11/h8-11,14,19-21H,3-7H2,1-2H3;8-11,14,19-20H,3-7H2,1-2H3,(H,15,21);5-8,11,17-19H,2-4H2,1H3,(H2,12,13);5-8,11,16-17H,2-4H2,1H3,(H2,12,18);5-8,11,16-18H,2-4H2,1H3,(H,12,19)/t2*9-,10+,11?,14-;3*6-,7+,8?,11-/m11111/s1. The molecule has 52 heteroatoms. The summed E-state index contributed by atoms with van der Waals surface area (Å²) >= 11 is 0. The first-order valence-corrected chi connectivity index (χ1v) is 34.8. The van der Waals surface area contributed by atoms with Gasteiger partial charge in [0.15, 0.2) is 37.0 Å². The summed E-state index contributed by atoms with van der Waals surface area (Å²) in [7, 11) is 10.7. The van der Waals surface area contributed by atoms with Crippen molar-refractivity contribution in [1.82, 2.24) is 89.4 Å². The highest BCUT2D eigenvalue weighted by Gasteiger charge is 2.49. The summed E-state index contributed by atoms with van der Waals surface area (Å²) in [5.74, 6) is -2.20. The minimum atomic E-state index is -1.29. The van der Waals surface area contributed by atoms with Crippen LogP contribution in [0.1, 0.15) is 79.4 Å². The number of nitrogens with zero attached hydrogens (tertiary/aromatic N) is 17. The third kappa shape index (κ3) is 26.0. The molecule has 0 bridgehead atoms. The first-order chi connectivity index (χ1) is 54.4. The number of rotatable bonds is 38. The topological polar surface area (TPSA) is 706 Å². The van der Waals surface area contributed by atoms with Gasteiger partial charge >= 0.3 is 0 Å². The summed E-state index contributed by atoms with van der Waals surface area (Å²) in [6.07, 6.45) is -13.7. The predicted molar refractivity (Wildman–Crippen MR) is 370 cm³/mol. The first-order valence-electron chi connectivity index (χ1n) is 34.8. The van der Waals surface area contributed by atoms with E-state index in [-0.39, 0.29) is 61.4 Å². The Bertz CT molecular complexity index is 3590. The van der Waals surface area contributed by atoms with Crippen molar-refractivity contribution in [2.45, 2.75) is 123 Å². The largest absolute Gasteiger partial charge is 0.394 e. The summed E-state index contributed by atoms with van der Waals surface area (Å²) in [6, 6.07) is 0. The zero-order valence-electron chi connectivity index (χ0n) is 62.8. The fourth-order valence-corrected chi connectivity index (χ4v) is 10.8. The molecule has 0 radical (unpaired) electrons. The van der Waals surface area contributed by atoms with Gasteiger partial charge in [0.2, 0.25) is 29.1 Å². The van der Waals surface area contributed by atoms with Gasteiger partial charge in [0.05, 0.1) is 99.0 Å². The Morgan fingerprint density at radius 3 is 1.04 bits per heavy atom. The van der Waals surface area contributed by atoms with Gasteiger partial charge in [-0.15, -0.1) is 25.5 Å². The lowest BCUT2D eigenvalue weighted by molar-refractivity contribution is -0.0852. The van der Waals surface area contributed by atoms with Gasteiger partial charge in [-0.05, 0) is 0 Å². The monoisotopic (exact) mass is 1630 g/mol. The third-order valence-electron chi connectivity index (χ3n) is 16.8. The molecule has 0 aliphatic carbocycles. The molecule has 5 aromatic heterocycles. The number of hydrogen-bond donors (Lipinski definition) is 17. The van der Waals surface area contributed by atoms with Gasteiger partial charge in [-0.3, -0.25) is 24.2 Å². The lowest BCUT2D eigenvalue weighted by Crippen LogP contribution is -2.37. The van der Waals surface area contributed by atoms with Gasteiger partial charge in [-0.25, -0.2) is 48.3 Å². The summed E-state index contributed by atoms with van der Waals surface area (Å²) in [6.45, 7) is 2.69. The van der Waals surface area contributed by atoms with E-state index in [0.717, 1.165) is 9.36 Å². The minimum Gasteiger partial charge on any atom is -0.394 e. The van der Waals surface area contributed by atoms with Crippen LogP contribution < -0.4 is 22.1 Å². The van der Waals surface area contributed by atoms with Gasteiger partial charge in [-0.2, -0.15) is 0 Å². The molecule has 5 aliphatic rings. The average molecular weight is 1630 g/mol. The number of carbonyl (C=O) groups excluding carboxylic acids is 4. The van der Waals surface area contributed by atoms with Crippen molar-refractivity contribution in [2.24, 2.45) is 16.5 Å². The molecule has 638 valence electrons. The fraction of sp³-hybridized carbons (Fsp3) is 0.754. The Balaban J connectivity index is 0.000000221. The van der Waals surface area contributed by atoms with Crippen LogP contribution in [0, 0.1) is 0 Å². The minimum absolute atomic E-state index is 0.0442. The Kier molecular flexibility index (Phi) is 40.2. The second kappa shape index (κ2) is 48.4. The Morgan fingerprint density at radius 2 is 0.699 bits per heavy atom. The van der Waals surface area contributed by atoms with E-state index in [4.69, 9.17) is 93.1 Å². The quantitative estimate of drug-likeness (QED) is 0.00991. The van der Waals surface area contributed by atoms with Crippen LogP contribution in [0.4, 0.5) is 0 Å². The van der Waals surface area contributed by atoms with E-state index in [2.05, 4.69) is 66.0 Å². The second-order valence-corrected chi connectivity index (χ2v) is 24.5. The van der Waals surface area contributed by atoms with Crippen molar-refractivity contribution in [1.29, 1.82) is 0 Å². The van der Waals surface area contributed by atoms with Crippen LogP contribution in [0.2, 0.25) is 0 Å². The SMILES string of the molecule is COCCN(CCOC)C(=O)c1ncn([C@@H]2O[C@H](CO)[C@H](O)C2O)n1.COCCN=C(N)c1ncn([C@@H]2O[C@H](CO)[C@H](O)C2O)n1.COCCNC(=O)c1ncn([C@@H]2O[C@H](CO)[C@H](O)C2O)n1.COCCNC(=O)c1ncn([C@@H]2O[C@H](CO)[C@H](O)C2OCCOC)n1.COCCOC1[C@@H](O)[C@@H](CO)O[C@H]1n1cnc(C(N)=O)n1. The highest BCUT2D eigenvalue weighted by molar-refractivity contribution is 5.94. The number of aliphatic hydroxyl groups is 13. The maximum Gasteiger partial charge on any atom is 0.293 e. The molecule has 20 atom stereocenters. The van der Waals surface area contributed by atoms with Crippen molar-refractivity contribution >= 4 is 29.5 Å². The Labute approximate surface area is 643 Å². The van der Waals surface area contributed by atoms with Crippen molar-refractivity contribution in [3.05, 3.63) is 60.8 Å². The van der Waals surface area contributed by atoms with E-state index in [9.17, 15) is 70.2 Å². The van der Waals surface area contributed by atoms with Crippen molar-refractivity contribution in [3.8, 4) is 0 Å². The van der Waals surface area contributed by atoms with Gasteiger partial charge in [0.1, 0.15) is 123 Å². The van der Waals surface area contributed by atoms with Crippen LogP contribution in [-0.4, -0.2) is 441 Å². The average Bonchev–Trinajstić information content (AvgIpc) is 1.67. The molecule has 4 amide bonds. The number of amidine groups is 1. The van der Waals surface area contributed by atoms with Crippen molar-refractivity contribution in [3.63, 3.8) is 0 Å². The molecular weight excluding hydrogens is 1520 g/mol. The molecule has 0 aromatic carbocycles. The molecule has 19 N–H and O–H groups in total. The Morgan fingerprint density at radius 1 is 0.398 bits per heavy atom. The van der Waals surface area contributed by atoms with E-state index in [1.165, 1.54) is 93.2 Å². The Hall–Kier alpha value is -8.03. The predicted octanol–water partition coefficient (Wildman–Crippen LogP) is -12.3. The summed E-state index contributed by atoms with van der Waals surface area (Å²) < 4.78 is 78.4. The molecule has 10 rings (SSSR count). The van der Waals surface area contributed by atoms with Gasteiger partial charge in [0, 0.05) is 75.9 Å². The number of carbonyl (C=O) groups is 4. The number of amides is 4. The number of hydrogen-bond acceptors (Lipinski definition) is 42. The number of aromatic nitrogens is 15. The summed E-state index contributed by atoms with van der Waals surface area (Å²) in [5, 5.41) is 150. The molecular formula is C61H103N21O31. The van der Waals surface area contributed by atoms with Crippen molar-refractivity contribution < 1.29 is 152 Å². The van der Waals surface area contributed by atoms with Crippen LogP contribution in [0.25, 0.3) is 0 Å². The van der Waals surface area contributed by atoms with Crippen molar-refractivity contribution in [2.75, 3.05) is 175 Å². The van der Waals surface area contributed by atoms with Crippen LogP contribution >= 0.6 is 0 Å². The van der Waals surface area contributed by atoms with Gasteiger partial charge in [-0.1, -0.05) is 0 Å². The molecule has 5 aromatic rings. The second-order valence-electron chi connectivity index (χ2n) is 24.5. The third-order valence-corrected chi connectivity index (χ3v) is 16.8. The van der Waals surface area contributed by atoms with E-state index in [1.807, 2.05) is 0 Å². The molecule has 0 saturated carbocycles. The first kappa shape index (κ1) is 93.8. The molecule has 0 spiro atoms. The number of methoxy groups -OCH3 is 7. The van der Waals surface area contributed by atoms with Crippen LogP contribution in [0.3, 0.4) is 0 Å². The zero-order valence-corrected chi connectivity index (χ0v) is 62.8. The highest BCUT2D eigenvalue weighted by Crippen LogP contribution is 2.34. The number of aliphatic imine (C=N–C) groups is 1.